The molecular weight excluding hydrogens is 260 g/mol. The van der Waals surface area contributed by atoms with Crippen LogP contribution in [0.4, 0.5) is 0 Å². The predicted molar refractivity (Wildman–Crippen MR) is 58.5 cm³/mol. The predicted octanol–water partition coefficient (Wildman–Crippen LogP) is 1.05. The molecule has 1 amide bonds. The van der Waals surface area contributed by atoms with Gasteiger partial charge in [-0.05, 0) is 34.5 Å². The van der Waals surface area contributed by atoms with Gasteiger partial charge in [-0.1, -0.05) is 6.07 Å². The number of hydrogen-bond donors (Lipinski definition) is 1. The number of aliphatic hydroxyl groups is 1. The maximum absolute atomic E-state index is 11.9. The van der Waals surface area contributed by atoms with Crippen LogP contribution >= 0.6 is 15.9 Å². The van der Waals surface area contributed by atoms with E-state index in [1.807, 2.05) is 0 Å². The number of amides is 1. The summed E-state index contributed by atoms with van der Waals surface area (Å²) in [5, 5.41) is 9.33. The SMILES string of the molecule is O=C(c1cccc(Br)n1)N1CC[C@H](O)C1. The van der Waals surface area contributed by atoms with Gasteiger partial charge in [0, 0.05) is 13.1 Å². The number of pyridine rings is 1. The molecule has 4 nitrogen and oxygen atoms in total. The molecule has 1 aliphatic heterocycles. The molecule has 1 N–H and O–H groups in total. The Bertz CT molecular complexity index is 383. The lowest BCUT2D eigenvalue weighted by Crippen LogP contribution is -2.30. The van der Waals surface area contributed by atoms with Gasteiger partial charge >= 0.3 is 0 Å². The zero-order valence-corrected chi connectivity index (χ0v) is 9.64. The second kappa shape index (κ2) is 4.28. The van der Waals surface area contributed by atoms with Gasteiger partial charge in [-0.3, -0.25) is 4.79 Å². The molecule has 1 aromatic heterocycles. The average Bonchev–Trinajstić information content (AvgIpc) is 2.64. The van der Waals surface area contributed by atoms with Crippen LogP contribution < -0.4 is 0 Å². The van der Waals surface area contributed by atoms with Crippen molar-refractivity contribution in [1.82, 2.24) is 9.88 Å². The van der Waals surface area contributed by atoms with E-state index in [9.17, 15) is 9.90 Å². The van der Waals surface area contributed by atoms with E-state index in [0.29, 0.717) is 29.8 Å². The van der Waals surface area contributed by atoms with E-state index in [1.165, 1.54) is 0 Å². The maximum Gasteiger partial charge on any atom is 0.272 e. The first-order valence-corrected chi connectivity index (χ1v) is 5.56. The van der Waals surface area contributed by atoms with Crippen LogP contribution in [-0.2, 0) is 0 Å². The van der Waals surface area contributed by atoms with E-state index in [1.54, 1.807) is 23.1 Å². The van der Waals surface area contributed by atoms with Crippen molar-refractivity contribution >= 4 is 21.8 Å². The van der Waals surface area contributed by atoms with E-state index in [0.717, 1.165) is 0 Å². The van der Waals surface area contributed by atoms with Gasteiger partial charge in [0.1, 0.15) is 10.3 Å². The van der Waals surface area contributed by atoms with E-state index in [4.69, 9.17) is 0 Å². The van der Waals surface area contributed by atoms with Crippen LogP contribution in [0.25, 0.3) is 0 Å². The molecule has 0 radical (unpaired) electrons. The Balaban J connectivity index is 2.14. The van der Waals surface area contributed by atoms with Crippen molar-refractivity contribution in [2.45, 2.75) is 12.5 Å². The van der Waals surface area contributed by atoms with Gasteiger partial charge in [0.15, 0.2) is 0 Å². The number of halogens is 1. The Morgan fingerprint density at radius 2 is 2.40 bits per heavy atom. The molecule has 15 heavy (non-hydrogen) atoms. The number of aromatic nitrogens is 1. The Morgan fingerprint density at radius 1 is 1.60 bits per heavy atom. The normalized spacial score (nSPS) is 20.7. The van der Waals surface area contributed by atoms with Crippen LogP contribution in [-0.4, -0.2) is 40.1 Å². The number of nitrogens with zero attached hydrogens (tertiary/aromatic N) is 2. The highest BCUT2D eigenvalue weighted by Gasteiger charge is 2.25. The van der Waals surface area contributed by atoms with Crippen LogP contribution in [0, 0.1) is 0 Å². The molecule has 0 bridgehead atoms. The number of aliphatic hydroxyl groups excluding tert-OH is 1. The fraction of sp³-hybridized carbons (Fsp3) is 0.400. The molecule has 1 aromatic rings. The van der Waals surface area contributed by atoms with Crippen LogP contribution in [0.15, 0.2) is 22.8 Å². The quantitative estimate of drug-likeness (QED) is 0.777. The van der Waals surface area contributed by atoms with Crippen molar-refractivity contribution in [3.63, 3.8) is 0 Å². The summed E-state index contributed by atoms with van der Waals surface area (Å²) in [6.07, 6.45) is 0.265. The molecule has 0 unspecified atom stereocenters. The van der Waals surface area contributed by atoms with Gasteiger partial charge < -0.3 is 10.0 Å². The third-order valence-corrected chi connectivity index (χ3v) is 2.83. The molecule has 1 fully saturated rings. The highest BCUT2D eigenvalue weighted by Crippen LogP contribution is 2.13. The summed E-state index contributed by atoms with van der Waals surface area (Å²) >= 11 is 3.22. The summed E-state index contributed by atoms with van der Waals surface area (Å²) in [7, 11) is 0. The first kappa shape index (κ1) is 10.6. The summed E-state index contributed by atoms with van der Waals surface area (Å²) in [5.74, 6) is -0.118. The maximum atomic E-state index is 11.9. The molecule has 2 rings (SSSR count). The van der Waals surface area contributed by atoms with Gasteiger partial charge in [-0.15, -0.1) is 0 Å². The van der Waals surface area contributed by atoms with Gasteiger partial charge in [0.25, 0.3) is 5.91 Å². The monoisotopic (exact) mass is 270 g/mol. The second-order valence-corrected chi connectivity index (χ2v) is 4.35. The standard InChI is InChI=1S/C10H11BrN2O2/c11-9-3-1-2-8(12-9)10(15)13-5-4-7(14)6-13/h1-3,7,14H,4-6H2/t7-/m0/s1. The number of rotatable bonds is 1. The summed E-state index contributed by atoms with van der Waals surface area (Å²) < 4.78 is 0.646. The fourth-order valence-corrected chi connectivity index (χ4v) is 1.96. The zero-order chi connectivity index (χ0) is 10.8. The number of β-amino-alcohol motifs (C(OH)–C–C–N with tert-alkyl or cyclic N) is 1. The Kier molecular flexibility index (Phi) is 3.02. The zero-order valence-electron chi connectivity index (χ0n) is 8.06. The van der Waals surface area contributed by atoms with Gasteiger partial charge in [-0.2, -0.15) is 0 Å². The minimum Gasteiger partial charge on any atom is -0.391 e. The van der Waals surface area contributed by atoms with Crippen LogP contribution in [0.2, 0.25) is 0 Å². The molecule has 0 aromatic carbocycles. The molecule has 80 valence electrons. The van der Waals surface area contributed by atoms with Crippen LogP contribution in [0.1, 0.15) is 16.9 Å². The largest absolute Gasteiger partial charge is 0.391 e. The molecule has 2 heterocycles. The lowest BCUT2D eigenvalue weighted by atomic mass is 10.3. The van der Waals surface area contributed by atoms with Crippen molar-refractivity contribution in [3.8, 4) is 0 Å². The topological polar surface area (TPSA) is 53.4 Å². The first-order valence-electron chi connectivity index (χ1n) is 4.77. The van der Waals surface area contributed by atoms with Gasteiger partial charge in [-0.25, -0.2) is 4.98 Å². The highest BCUT2D eigenvalue weighted by atomic mass is 79.9. The van der Waals surface area contributed by atoms with Crippen LogP contribution in [0.3, 0.4) is 0 Å². The van der Waals surface area contributed by atoms with Crippen molar-refractivity contribution in [3.05, 3.63) is 28.5 Å². The first-order chi connectivity index (χ1) is 7.16. The van der Waals surface area contributed by atoms with Crippen molar-refractivity contribution in [2.75, 3.05) is 13.1 Å². The number of likely N-dealkylation sites (tertiary alicyclic amines) is 1. The number of carbonyl (C=O) groups excluding carboxylic acids is 1. The summed E-state index contributed by atoms with van der Waals surface area (Å²) in [6.45, 7) is 1.02. The number of carbonyl (C=O) groups is 1. The molecule has 0 saturated carbocycles. The van der Waals surface area contributed by atoms with E-state index >= 15 is 0 Å². The minimum atomic E-state index is -0.388. The minimum absolute atomic E-state index is 0.118. The van der Waals surface area contributed by atoms with Crippen molar-refractivity contribution in [2.24, 2.45) is 0 Å². The van der Waals surface area contributed by atoms with Crippen LogP contribution in [0.5, 0.6) is 0 Å². The lowest BCUT2D eigenvalue weighted by Gasteiger charge is -2.14. The average molecular weight is 271 g/mol. The lowest BCUT2D eigenvalue weighted by molar-refractivity contribution is 0.0759. The molecule has 1 saturated heterocycles. The Hall–Kier alpha value is -0.940. The van der Waals surface area contributed by atoms with Crippen molar-refractivity contribution in [1.29, 1.82) is 0 Å². The molecule has 5 heteroatoms. The molecule has 0 spiro atoms. The van der Waals surface area contributed by atoms with Gasteiger partial charge in [0.2, 0.25) is 0 Å². The highest BCUT2D eigenvalue weighted by molar-refractivity contribution is 9.10. The third kappa shape index (κ3) is 2.35. The third-order valence-electron chi connectivity index (χ3n) is 2.38. The van der Waals surface area contributed by atoms with E-state index < -0.39 is 0 Å². The summed E-state index contributed by atoms with van der Waals surface area (Å²) in [4.78, 5) is 17.6. The smallest absolute Gasteiger partial charge is 0.272 e. The number of hydrogen-bond acceptors (Lipinski definition) is 3. The Labute approximate surface area is 96.1 Å². The summed E-state index contributed by atoms with van der Waals surface area (Å²) in [6, 6.07) is 5.23. The molecule has 1 atom stereocenters. The van der Waals surface area contributed by atoms with Crippen molar-refractivity contribution < 1.29 is 9.90 Å². The fourth-order valence-electron chi connectivity index (χ4n) is 1.62. The molecular formula is C10H11BrN2O2. The van der Waals surface area contributed by atoms with E-state index in [2.05, 4.69) is 20.9 Å². The molecule has 0 aliphatic carbocycles. The summed E-state index contributed by atoms with van der Waals surface area (Å²) in [5.41, 5.74) is 0.415. The Morgan fingerprint density at radius 3 is 3.00 bits per heavy atom. The molecule has 1 aliphatic rings. The van der Waals surface area contributed by atoms with E-state index in [-0.39, 0.29) is 12.0 Å². The second-order valence-electron chi connectivity index (χ2n) is 3.54. The van der Waals surface area contributed by atoms with Gasteiger partial charge in [0.05, 0.1) is 6.10 Å².